The van der Waals surface area contributed by atoms with Gasteiger partial charge in [-0.05, 0) is 12.1 Å². The Balaban J connectivity index is 2.27. The Hall–Kier alpha value is -1.67. The van der Waals surface area contributed by atoms with E-state index in [-0.39, 0.29) is 5.97 Å². The smallest absolute Gasteiger partial charge is 0.315 e. The van der Waals surface area contributed by atoms with Crippen LogP contribution in [0, 0.1) is 11.3 Å². The number of rotatable bonds is 6. The fourth-order valence-electron chi connectivity index (χ4n) is 1.11. The van der Waals surface area contributed by atoms with Gasteiger partial charge in [-0.25, -0.2) is 0 Å². The molecular weight excluding hydrogens is 238 g/mol. The molecule has 1 aromatic carbocycles. The Bertz CT molecular complexity index is 414. The van der Waals surface area contributed by atoms with Crippen LogP contribution in [0.15, 0.2) is 24.3 Å². The summed E-state index contributed by atoms with van der Waals surface area (Å²) in [6.45, 7) is 0.459. The number of benzene rings is 1. The van der Waals surface area contributed by atoms with E-state index < -0.39 is 0 Å². The van der Waals surface area contributed by atoms with Gasteiger partial charge in [-0.1, -0.05) is 12.1 Å². The van der Waals surface area contributed by atoms with Crippen LogP contribution < -0.4 is 4.74 Å². The van der Waals surface area contributed by atoms with Gasteiger partial charge in [-0.15, -0.1) is 11.8 Å². The van der Waals surface area contributed by atoms with Crippen LogP contribution in [0.25, 0.3) is 0 Å². The average Bonchev–Trinajstić information content (AvgIpc) is 2.38. The Morgan fingerprint density at radius 1 is 1.47 bits per heavy atom. The summed E-state index contributed by atoms with van der Waals surface area (Å²) in [4.78, 5) is 10.8. The molecule has 0 fully saturated rings. The maximum atomic E-state index is 10.8. The van der Waals surface area contributed by atoms with Gasteiger partial charge in [0.05, 0.1) is 25.0 Å². The first-order chi connectivity index (χ1) is 8.27. The van der Waals surface area contributed by atoms with Gasteiger partial charge in [0.25, 0.3) is 0 Å². The second kappa shape index (κ2) is 7.58. The summed E-state index contributed by atoms with van der Waals surface area (Å²) in [6.07, 6.45) is 0. The monoisotopic (exact) mass is 251 g/mol. The fraction of sp³-hybridized carbons (Fsp3) is 0.333. The van der Waals surface area contributed by atoms with E-state index >= 15 is 0 Å². The number of para-hydroxylation sites is 1. The number of methoxy groups -OCH3 is 1. The Kier molecular flexibility index (Phi) is 5.97. The molecule has 17 heavy (non-hydrogen) atoms. The summed E-state index contributed by atoms with van der Waals surface area (Å²) in [5.41, 5.74) is 0.519. The SMILES string of the molecule is COC(=O)CSCCOc1ccccc1C#N. The van der Waals surface area contributed by atoms with Crippen molar-refractivity contribution < 1.29 is 14.3 Å². The zero-order chi connectivity index (χ0) is 12.5. The minimum absolute atomic E-state index is 0.243. The number of carbonyl (C=O) groups is 1. The molecule has 0 heterocycles. The van der Waals surface area contributed by atoms with Crippen LogP contribution in [0.5, 0.6) is 5.75 Å². The van der Waals surface area contributed by atoms with Crippen LogP contribution in [0.2, 0.25) is 0 Å². The first-order valence-corrected chi connectivity index (χ1v) is 6.20. The van der Waals surface area contributed by atoms with Crippen molar-refractivity contribution in [3.05, 3.63) is 29.8 Å². The number of nitrogens with zero attached hydrogens (tertiary/aromatic N) is 1. The lowest BCUT2D eigenvalue weighted by Crippen LogP contribution is -2.07. The van der Waals surface area contributed by atoms with Gasteiger partial charge in [-0.2, -0.15) is 5.26 Å². The number of hydrogen-bond donors (Lipinski definition) is 0. The first kappa shape index (κ1) is 13.4. The third-order valence-electron chi connectivity index (χ3n) is 1.94. The lowest BCUT2D eigenvalue weighted by Gasteiger charge is -2.06. The molecule has 0 unspecified atom stereocenters. The average molecular weight is 251 g/mol. The highest BCUT2D eigenvalue weighted by Crippen LogP contribution is 2.16. The zero-order valence-corrected chi connectivity index (χ0v) is 10.3. The van der Waals surface area contributed by atoms with Gasteiger partial charge in [-0.3, -0.25) is 4.79 Å². The molecule has 0 amide bonds. The lowest BCUT2D eigenvalue weighted by molar-refractivity contribution is -0.137. The van der Waals surface area contributed by atoms with Crippen LogP contribution in [0.1, 0.15) is 5.56 Å². The molecule has 0 saturated heterocycles. The van der Waals surface area contributed by atoms with Crippen molar-refractivity contribution in [1.29, 1.82) is 5.26 Å². The van der Waals surface area contributed by atoms with Crippen molar-refractivity contribution in [3.8, 4) is 11.8 Å². The molecule has 0 aliphatic rings. The molecule has 0 aromatic heterocycles. The highest BCUT2D eigenvalue weighted by atomic mass is 32.2. The molecule has 1 aromatic rings. The summed E-state index contributed by atoms with van der Waals surface area (Å²) < 4.78 is 9.96. The van der Waals surface area contributed by atoms with Crippen molar-refractivity contribution in [2.75, 3.05) is 25.2 Å². The van der Waals surface area contributed by atoms with Crippen molar-refractivity contribution >= 4 is 17.7 Å². The van der Waals surface area contributed by atoms with E-state index in [1.807, 2.05) is 6.07 Å². The standard InChI is InChI=1S/C12H13NO3S/c1-15-12(14)9-17-7-6-16-11-5-3-2-4-10(11)8-13/h2-5H,6-7,9H2,1H3. The zero-order valence-electron chi connectivity index (χ0n) is 9.51. The summed E-state index contributed by atoms with van der Waals surface area (Å²) in [6, 6.07) is 9.12. The molecule has 1 rings (SSSR count). The normalized spacial score (nSPS) is 9.41. The fourth-order valence-corrected chi connectivity index (χ4v) is 1.74. The molecular formula is C12H13NO3S. The molecule has 0 N–H and O–H groups in total. The molecule has 90 valence electrons. The quantitative estimate of drug-likeness (QED) is 0.570. The molecule has 0 aliphatic heterocycles. The van der Waals surface area contributed by atoms with Gasteiger partial charge in [0.1, 0.15) is 11.8 Å². The van der Waals surface area contributed by atoms with E-state index in [9.17, 15) is 4.79 Å². The van der Waals surface area contributed by atoms with E-state index in [0.29, 0.717) is 29.4 Å². The van der Waals surface area contributed by atoms with E-state index in [2.05, 4.69) is 10.8 Å². The summed E-state index contributed by atoms with van der Waals surface area (Å²) in [5, 5.41) is 8.83. The van der Waals surface area contributed by atoms with Gasteiger partial charge in [0, 0.05) is 5.75 Å². The second-order valence-corrected chi connectivity index (χ2v) is 4.19. The van der Waals surface area contributed by atoms with E-state index in [0.717, 1.165) is 0 Å². The van der Waals surface area contributed by atoms with Gasteiger partial charge in [0.2, 0.25) is 0 Å². The van der Waals surface area contributed by atoms with Crippen molar-refractivity contribution in [2.45, 2.75) is 0 Å². The Morgan fingerprint density at radius 3 is 2.94 bits per heavy atom. The van der Waals surface area contributed by atoms with Crippen LogP contribution in [0.3, 0.4) is 0 Å². The van der Waals surface area contributed by atoms with Gasteiger partial charge >= 0.3 is 5.97 Å². The van der Waals surface area contributed by atoms with Gasteiger partial charge < -0.3 is 9.47 Å². The third-order valence-corrected chi connectivity index (χ3v) is 2.84. The lowest BCUT2D eigenvalue weighted by atomic mass is 10.2. The largest absolute Gasteiger partial charge is 0.491 e. The number of carbonyl (C=O) groups excluding carboxylic acids is 1. The van der Waals surface area contributed by atoms with Crippen LogP contribution in [-0.2, 0) is 9.53 Å². The van der Waals surface area contributed by atoms with E-state index in [4.69, 9.17) is 10.00 Å². The minimum atomic E-state index is -0.243. The summed E-state index contributed by atoms with van der Waals surface area (Å²) in [5.74, 6) is 1.33. The maximum absolute atomic E-state index is 10.8. The third kappa shape index (κ3) is 4.79. The summed E-state index contributed by atoms with van der Waals surface area (Å²) >= 11 is 1.44. The molecule has 0 aliphatic carbocycles. The van der Waals surface area contributed by atoms with Crippen LogP contribution in [0.4, 0.5) is 0 Å². The van der Waals surface area contributed by atoms with Crippen LogP contribution in [-0.4, -0.2) is 31.2 Å². The molecule has 0 spiro atoms. The highest BCUT2D eigenvalue weighted by molar-refractivity contribution is 7.99. The molecule has 0 bridgehead atoms. The molecule has 0 radical (unpaired) electrons. The van der Waals surface area contributed by atoms with E-state index in [1.54, 1.807) is 18.2 Å². The second-order valence-electron chi connectivity index (χ2n) is 3.09. The number of ether oxygens (including phenoxy) is 2. The van der Waals surface area contributed by atoms with Crippen molar-refractivity contribution in [1.82, 2.24) is 0 Å². The Morgan fingerprint density at radius 2 is 2.24 bits per heavy atom. The highest BCUT2D eigenvalue weighted by Gasteiger charge is 2.02. The van der Waals surface area contributed by atoms with Crippen LogP contribution >= 0.6 is 11.8 Å². The number of thioether (sulfide) groups is 1. The predicted octanol–water partition coefficient (Wildman–Crippen LogP) is 1.84. The number of nitriles is 1. The molecule has 5 heteroatoms. The summed E-state index contributed by atoms with van der Waals surface area (Å²) in [7, 11) is 1.36. The molecule has 0 atom stereocenters. The topological polar surface area (TPSA) is 59.3 Å². The molecule has 4 nitrogen and oxygen atoms in total. The Labute approximate surface area is 105 Å². The van der Waals surface area contributed by atoms with Gasteiger partial charge in [0.15, 0.2) is 0 Å². The number of hydrogen-bond acceptors (Lipinski definition) is 5. The predicted molar refractivity (Wildman–Crippen MR) is 66.0 cm³/mol. The van der Waals surface area contributed by atoms with Crippen molar-refractivity contribution in [2.24, 2.45) is 0 Å². The first-order valence-electron chi connectivity index (χ1n) is 5.04. The molecule has 0 saturated carbocycles. The maximum Gasteiger partial charge on any atom is 0.315 e. The minimum Gasteiger partial charge on any atom is -0.491 e. The number of esters is 1. The van der Waals surface area contributed by atoms with E-state index in [1.165, 1.54) is 18.9 Å². The van der Waals surface area contributed by atoms with Crippen molar-refractivity contribution in [3.63, 3.8) is 0 Å².